The van der Waals surface area contributed by atoms with Gasteiger partial charge in [-0.3, -0.25) is 10.1 Å². The fourth-order valence-electron chi connectivity index (χ4n) is 2.52. The van der Waals surface area contributed by atoms with Crippen molar-refractivity contribution < 1.29 is 14.4 Å². The summed E-state index contributed by atoms with van der Waals surface area (Å²) >= 11 is 5.86. The fourth-order valence-corrected chi connectivity index (χ4v) is 2.64. The third kappa shape index (κ3) is 3.53. The molecule has 0 atom stereocenters. The van der Waals surface area contributed by atoms with Gasteiger partial charge in [-0.15, -0.1) is 0 Å². The van der Waals surface area contributed by atoms with E-state index in [1.807, 2.05) is 0 Å². The molecule has 1 aliphatic rings. The maximum atomic E-state index is 11.6. The SMILES string of the molecule is O=[N+]([O-])c1c(Nc2ccc(Cl)cc2)ncnc1Nc1ccc2c(c1)OCO2. The van der Waals surface area contributed by atoms with Crippen molar-refractivity contribution in [3.05, 3.63) is 63.9 Å². The van der Waals surface area contributed by atoms with Crippen molar-refractivity contribution in [1.82, 2.24) is 9.97 Å². The second kappa shape index (κ2) is 6.96. The summed E-state index contributed by atoms with van der Waals surface area (Å²) in [5.41, 5.74) is 0.888. The molecule has 0 saturated carbocycles. The van der Waals surface area contributed by atoms with E-state index >= 15 is 0 Å². The monoisotopic (exact) mass is 385 g/mol. The fraction of sp³-hybridized carbons (Fsp3) is 0.0588. The Bertz CT molecular complexity index is 1010. The van der Waals surface area contributed by atoms with Crippen molar-refractivity contribution in [2.24, 2.45) is 0 Å². The van der Waals surface area contributed by atoms with Gasteiger partial charge in [-0.2, -0.15) is 0 Å². The molecule has 0 saturated heterocycles. The lowest BCUT2D eigenvalue weighted by Crippen LogP contribution is -2.05. The molecule has 2 N–H and O–H groups in total. The second-order valence-electron chi connectivity index (χ2n) is 5.50. The summed E-state index contributed by atoms with van der Waals surface area (Å²) < 4.78 is 10.6. The summed E-state index contributed by atoms with van der Waals surface area (Å²) in [5, 5.41) is 18.0. The van der Waals surface area contributed by atoms with Gasteiger partial charge in [0.15, 0.2) is 11.5 Å². The Labute approximate surface area is 158 Å². The highest BCUT2D eigenvalue weighted by Gasteiger charge is 2.24. The van der Waals surface area contributed by atoms with Crippen LogP contribution < -0.4 is 20.1 Å². The van der Waals surface area contributed by atoms with E-state index in [9.17, 15) is 10.1 Å². The molecule has 3 aromatic rings. The molecule has 0 fully saturated rings. The van der Waals surface area contributed by atoms with Crippen LogP contribution in [0.15, 0.2) is 48.8 Å². The number of aromatic nitrogens is 2. The topological polar surface area (TPSA) is 111 Å². The summed E-state index contributed by atoms with van der Waals surface area (Å²) in [6.45, 7) is 0.140. The van der Waals surface area contributed by atoms with Crippen LogP contribution in [0.5, 0.6) is 11.5 Å². The molecule has 0 bridgehead atoms. The number of ether oxygens (including phenoxy) is 2. The third-order valence-electron chi connectivity index (χ3n) is 3.75. The number of rotatable bonds is 5. The summed E-state index contributed by atoms with van der Waals surface area (Å²) in [6, 6.07) is 11.8. The number of nitrogens with zero attached hydrogens (tertiary/aromatic N) is 3. The zero-order valence-electron chi connectivity index (χ0n) is 13.7. The first-order chi connectivity index (χ1) is 13.1. The average molecular weight is 386 g/mol. The number of halogens is 1. The van der Waals surface area contributed by atoms with Gasteiger partial charge in [0, 0.05) is 22.5 Å². The van der Waals surface area contributed by atoms with Gasteiger partial charge in [-0.25, -0.2) is 9.97 Å². The van der Waals surface area contributed by atoms with Crippen molar-refractivity contribution in [1.29, 1.82) is 0 Å². The summed E-state index contributed by atoms with van der Waals surface area (Å²) in [4.78, 5) is 19.1. The number of fused-ring (bicyclic) bond motifs is 1. The first kappa shape index (κ1) is 16.9. The Morgan fingerprint density at radius 1 is 0.963 bits per heavy atom. The highest BCUT2D eigenvalue weighted by Crippen LogP contribution is 2.37. The van der Waals surface area contributed by atoms with Crippen LogP contribution in [0.4, 0.5) is 28.7 Å². The van der Waals surface area contributed by atoms with E-state index in [-0.39, 0.29) is 24.1 Å². The Hall–Kier alpha value is -3.59. The lowest BCUT2D eigenvalue weighted by molar-refractivity contribution is -0.383. The molecular formula is C17H12ClN5O4. The maximum absolute atomic E-state index is 11.6. The minimum Gasteiger partial charge on any atom is -0.454 e. The van der Waals surface area contributed by atoms with E-state index < -0.39 is 4.92 Å². The third-order valence-corrected chi connectivity index (χ3v) is 4.00. The van der Waals surface area contributed by atoms with Gasteiger partial charge < -0.3 is 20.1 Å². The van der Waals surface area contributed by atoms with E-state index in [0.717, 1.165) is 0 Å². The number of hydrogen-bond acceptors (Lipinski definition) is 8. The van der Waals surface area contributed by atoms with Crippen LogP contribution >= 0.6 is 11.6 Å². The maximum Gasteiger partial charge on any atom is 0.353 e. The van der Waals surface area contributed by atoms with Crippen LogP contribution in [0.3, 0.4) is 0 Å². The zero-order chi connectivity index (χ0) is 18.8. The Morgan fingerprint density at radius 3 is 2.30 bits per heavy atom. The minimum atomic E-state index is -0.548. The molecule has 0 spiro atoms. The quantitative estimate of drug-likeness (QED) is 0.495. The van der Waals surface area contributed by atoms with Gasteiger partial charge >= 0.3 is 5.69 Å². The van der Waals surface area contributed by atoms with E-state index in [1.165, 1.54) is 6.33 Å². The van der Waals surface area contributed by atoms with Crippen molar-refractivity contribution >= 4 is 40.3 Å². The van der Waals surface area contributed by atoms with Gasteiger partial charge in [0.25, 0.3) is 0 Å². The van der Waals surface area contributed by atoms with Crippen LogP contribution in [-0.2, 0) is 0 Å². The van der Waals surface area contributed by atoms with E-state index in [4.69, 9.17) is 21.1 Å². The molecule has 1 aliphatic heterocycles. The predicted molar refractivity (Wildman–Crippen MR) is 99.3 cm³/mol. The normalized spacial score (nSPS) is 11.9. The lowest BCUT2D eigenvalue weighted by atomic mass is 10.2. The molecule has 2 heterocycles. The molecular weight excluding hydrogens is 374 g/mol. The Balaban J connectivity index is 1.66. The first-order valence-corrected chi connectivity index (χ1v) is 8.16. The summed E-state index contributed by atoms with van der Waals surface area (Å²) in [6.07, 6.45) is 1.24. The number of nitrogens with one attached hydrogen (secondary N) is 2. The molecule has 0 amide bonds. The molecule has 2 aromatic carbocycles. The molecule has 1 aromatic heterocycles. The molecule has 9 nitrogen and oxygen atoms in total. The zero-order valence-corrected chi connectivity index (χ0v) is 14.4. The van der Waals surface area contributed by atoms with Crippen molar-refractivity contribution in [2.75, 3.05) is 17.4 Å². The molecule has 136 valence electrons. The molecule has 0 aliphatic carbocycles. The van der Waals surface area contributed by atoms with Crippen molar-refractivity contribution in [3.8, 4) is 11.5 Å². The van der Waals surface area contributed by atoms with E-state index in [2.05, 4.69) is 20.6 Å². The predicted octanol–water partition coefficient (Wildman–Crippen LogP) is 4.25. The standard InChI is InChI=1S/C17H12ClN5O4/c18-10-1-3-11(4-2-10)21-16-15(23(24)25)17(20-8-19-16)22-12-5-6-13-14(7-12)27-9-26-13/h1-8H,9H2,(H2,19,20,21,22). The Kier molecular flexibility index (Phi) is 4.35. The lowest BCUT2D eigenvalue weighted by Gasteiger charge is -2.10. The van der Waals surface area contributed by atoms with Crippen LogP contribution in [0.25, 0.3) is 0 Å². The highest BCUT2D eigenvalue weighted by atomic mass is 35.5. The Morgan fingerprint density at radius 2 is 1.59 bits per heavy atom. The average Bonchev–Trinajstić information content (AvgIpc) is 3.11. The van der Waals surface area contributed by atoms with Gasteiger partial charge in [0.05, 0.1) is 4.92 Å². The van der Waals surface area contributed by atoms with E-state index in [0.29, 0.717) is 27.9 Å². The number of benzene rings is 2. The van der Waals surface area contributed by atoms with Crippen LogP contribution in [-0.4, -0.2) is 21.7 Å². The summed E-state index contributed by atoms with van der Waals surface area (Å²) in [5.74, 6) is 1.27. The number of nitro groups is 1. The van der Waals surface area contributed by atoms with Crippen LogP contribution in [0, 0.1) is 10.1 Å². The van der Waals surface area contributed by atoms with Gasteiger partial charge in [0.2, 0.25) is 18.4 Å². The molecule has 0 unspecified atom stereocenters. The van der Waals surface area contributed by atoms with Crippen molar-refractivity contribution in [2.45, 2.75) is 0 Å². The number of hydrogen-bond donors (Lipinski definition) is 2. The van der Waals surface area contributed by atoms with E-state index in [1.54, 1.807) is 42.5 Å². The van der Waals surface area contributed by atoms with Gasteiger partial charge in [-0.1, -0.05) is 11.6 Å². The second-order valence-corrected chi connectivity index (χ2v) is 5.94. The highest BCUT2D eigenvalue weighted by molar-refractivity contribution is 6.30. The molecule has 0 radical (unpaired) electrons. The minimum absolute atomic E-state index is 0.0466. The summed E-state index contributed by atoms with van der Waals surface area (Å²) in [7, 11) is 0. The largest absolute Gasteiger partial charge is 0.454 e. The van der Waals surface area contributed by atoms with Crippen molar-refractivity contribution in [3.63, 3.8) is 0 Å². The smallest absolute Gasteiger partial charge is 0.353 e. The van der Waals surface area contributed by atoms with Crippen LogP contribution in [0.1, 0.15) is 0 Å². The van der Waals surface area contributed by atoms with Gasteiger partial charge in [-0.05, 0) is 36.4 Å². The number of anilines is 4. The molecule has 4 rings (SSSR count). The molecule has 10 heteroatoms. The van der Waals surface area contributed by atoms with Crippen LogP contribution in [0.2, 0.25) is 5.02 Å². The first-order valence-electron chi connectivity index (χ1n) is 7.79. The molecule has 27 heavy (non-hydrogen) atoms. The van der Waals surface area contributed by atoms with Gasteiger partial charge in [0.1, 0.15) is 6.33 Å².